The summed E-state index contributed by atoms with van der Waals surface area (Å²) in [6.45, 7) is 0. The Hall–Kier alpha value is -3.75. The molecule has 0 aliphatic carbocycles. The van der Waals surface area contributed by atoms with Crippen molar-refractivity contribution in [2.75, 3.05) is 24.4 Å². The first-order valence-corrected chi connectivity index (χ1v) is 8.54. The lowest BCUT2D eigenvalue weighted by molar-refractivity contribution is -0.172. The maximum atomic E-state index is 12.0. The molecule has 1 aromatic carbocycles. The van der Waals surface area contributed by atoms with Crippen LogP contribution in [0.2, 0.25) is 0 Å². The molecule has 2 aromatic rings. The number of carbonyl (C=O) groups excluding carboxylic acids is 3. The molecule has 0 bridgehead atoms. The molecule has 1 fully saturated rings. The fourth-order valence-electron chi connectivity index (χ4n) is 2.41. The molecule has 0 unspecified atom stereocenters. The van der Waals surface area contributed by atoms with Gasteiger partial charge in [-0.05, 0) is 29.8 Å². The predicted octanol–water partition coefficient (Wildman–Crippen LogP) is 1.81. The summed E-state index contributed by atoms with van der Waals surface area (Å²) in [5, 5.41) is 4.60. The fourth-order valence-corrected chi connectivity index (χ4v) is 2.41. The van der Waals surface area contributed by atoms with Crippen LogP contribution in [0.25, 0.3) is 0 Å². The number of nitrogens with one attached hydrogen (secondary N) is 1. The van der Waals surface area contributed by atoms with Crippen LogP contribution in [0.5, 0.6) is 0 Å². The van der Waals surface area contributed by atoms with Gasteiger partial charge in [0.2, 0.25) is 0 Å². The van der Waals surface area contributed by atoms with Crippen LogP contribution in [-0.4, -0.2) is 48.1 Å². The SMILES string of the molecule is CN(C)c1ccc(/C=N/Nc2ccc(C(=O)ON3C(=O)CCC3=O)cn2)cc1. The molecule has 1 N–H and O–H groups in total. The van der Waals surface area contributed by atoms with E-state index in [0.717, 1.165) is 11.3 Å². The van der Waals surface area contributed by atoms with Gasteiger partial charge in [-0.15, -0.1) is 5.06 Å². The third-order valence-corrected chi connectivity index (χ3v) is 3.98. The number of hydrogen-bond donors (Lipinski definition) is 1. The molecule has 1 aliphatic heterocycles. The van der Waals surface area contributed by atoms with Gasteiger partial charge in [-0.3, -0.25) is 15.0 Å². The molecular formula is C19H19N5O4. The first-order valence-electron chi connectivity index (χ1n) is 8.54. The molecule has 9 nitrogen and oxygen atoms in total. The molecule has 0 atom stereocenters. The minimum absolute atomic E-state index is 0.0447. The van der Waals surface area contributed by atoms with Crippen LogP contribution in [0.4, 0.5) is 11.5 Å². The van der Waals surface area contributed by atoms with E-state index in [0.29, 0.717) is 10.9 Å². The second-order valence-corrected chi connectivity index (χ2v) is 6.25. The minimum Gasteiger partial charge on any atom is -0.378 e. The van der Waals surface area contributed by atoms with Gasteiger partial charge in [0.05, 0.1) is 11.8 Å². The summed E-state index contributed by atoms with van der Waals surface area (Å²) in [7, 11) is 3.94. The number of nitrogens with zero attached hydrogens (tertiary/aromatic N) is 4. The van der Waals surface area contributed by atoms with Gasteiger partial charge in [0.15, 0.2) is 0 Å². The number of amides is 2. The zero-order valence-corrected chi connectivity index (χ0v) is 15.5. The van der Waals surface area contributed by atoms with Crippen LogP contribution >= 0.6 is 0 Å². The molecule has 3 rings (SSSR count). The minimum atomic E-state index is -0.827. The highest BCUT2D eigenvalue weighted by molar-refractivity contribution is 6.02. The highest BCUT2D eigenvalue weighted by atomic mass is 16.7. The average Bonchev–Trinajstić information content (AvgIpc) is 3.01. The Morgan fingerprint density at radius 3 is 2.39 bits per heavy atom. The van der Waals surface area contributed by atoms with Crippen LogP contribution in [-0.2, 0) is 14.4 Å². The lowest BCUT2D eigenvalue weighted by Crippen LogP contribution is -2.32. The van der Waals surface area contributed by atoms with Crippen molar-refractivity contribution in [3.63, 3.8) is 0 Å². The molecule has 0 spiro atoms. The number of benzene rings is 1. The lowest BCUT2D eigenvalue weighted by Gasteiger charge is -2.12. The number of carbonyl (C=O) groups is 3. The van der Waals surface area contributed by atoms with E-state index in [1.165, 1.54) is 18.3 Å². The van der Waals surface area contributed by atoms with Gasteiger partial charge in [-0.2, -0.15) is 5.10 Å². The number of rotatable bonds is 6. The van der Waals surface area contributed by atoms with Crippen molar-refractivity contribution in [1.82, 2.24) is 10.0 Å². The van der Waals surface area contributed by atoms with Crippen LogP contribution in [0.3, 0.4) is 0 Å². The summed E-state index contributed by atoms with van der Waals surface area (Å²) in [6, 6.07) is 10.8. The molecule has 1 aromatic heterocycles. The van der Waals surface area contributed by atoms with Crippen LogP contribution in [0, 0.1) is 0 Å². The molecule has 9 heteroatoms. The average molecular weight is 381 g/mol. The summed E-state index contributed by atoms with van der Waals surface area (Å²) in [5.74, 6) is -1.46. The third-order valence-electron chi connectivity index (χ3n) is 3.98. The van der Waals surface area contributed by atoms with E-state index < -0.39 is 17.8 Å². The number of anilines is 2. The number of aromatic nitrogens is 1. The largest absolute Gasteiger partial charge is 0.378 e. The normalized spacial score (nSPS) is 13.9. The second-order valence-electron chi connectivity index (χ2n) is 6.25. The molecule has 0 saturated carbocycles. The Morgan fingerprint density at radius 2 is 1.82 bits per heavy atom. The first-order chi connectivity index (χ1) is 13.4. The molecule has 2 amide bonds. The highest BCUT2D eigenvalue weighted by Crippen LogP contribution is 2.15. The van der Waals surface area contributed by atoms with E-state index in [2.05, 4.69) is 15.5 Å². The van der Waals surface area contributed by atoms with Gasteiger partial charge < -0.3 is 9.74 Å². The van der Waals surface area contributed by atoms with E-state index in [-0.39, 0.29) is 18.4 Å². The van der Waals surface area contributed by atoms with Crippen molar-refractivity contribution in [2.24, 2.45) is 5.10 Å². The number of imide groups is 1. The first kappa shape index (κ1) is 19.0. The summed E-state index contributed by atoms with van der Waals surface area (Å²) in [6.07, 6.45) is 3.01. The van der Waals surface area contributed by atoms with Gasteiger partial charge in [-0.1, -0.05) is 12.1 Å². The monoisotopic (exact) mass is 381 g/mol. The van der Waals surface area contributed by atoms with Gasteiger partial charge in [0.25, 0.3) is 11.8 Å². The Morgan fingerprint density at radius 1 is 1.14 bits per heavy atom. The standard InChI is InChI=1S/C19H19N5O4/c1-23(2)15-6-3-13(4-7-15)11-21-22-16-8-5-14(12-20-16)19(27)28-24-17(25)9-10-18(24)26/h3-8,11-12H,9-10H2,1-2H3,(H,20,22)/b21-11+. The molecule has 0 radical (unpaired) electrons. The number of pyridine rings is 1. The Bertz CT molecular complexity index is 891. The molecular weight excluding hydrogens is 362 g/mol. The van der Waals surface area contributed by atoms with E-state index in [9.17, 15) is 14.4 Å². The molecule has 2 heterocycles. The van der Waals surface area contributed by atoms with Crippen molar-refractivity contribution in [2.45, 2.75) is 12.8 Å². The van der Waals surface area contributed by atoms with Crippen molar-refractivity contribution in [3.8, 4) is 0 Å². The summed E-state index contributed by atoms with van der Waals surface area (Å²) in [5.41, 5.74) is 4.88. The van der Waals surface area contributed by atoms with E-state index in [1.54, 1.807) is 6.21 Å². The third kappa shape index (κ3) is 4.50. The molecule has 1 aliphatic rings. The highest BCUT2D eigenvalue weighted by Gasteiger charge is 2.33. The molecule has 144 valence electrons. The lowest BCUT2D eigenvalue weighted by atomic mass is 10.2. The fraction of sp³-hybridized carbons (Fsp3) is 0.211. The summed E-state index contributed by atoms with van der Waals surface area (Å²) in [4.78, 5) is 45.9. The zero-order chi connectivity index (χ0) is 20.1. The summed E-state index contributed by atoms with van der Waals surface area (Å²) >= 11 is 0. The van der Waals surface area contributed by atoms with Gasteiger partial charge in [0, 0.05) is 38.8 Å². The van der Waals surface area contributed by atoms with Crippen LogP contribution < -0.4 is 10.3 Å². The van der Waals surface area contributed by atoms with Crippen molar-refractivity contribution in [3.05, 3.63) is 53.7 Å². The summed E-state index contributed by atoms with van der Waals surface area (Å²) < 4.78 is 0. The number of hydrazone groups is 1. The molecule has 28 heavy (non-hydrogen) atoms. The van der Waals surface area contributed by atoms with E-state index in [1.807, 2.05) is 43.3 Å². The van der Waals surface area contributed by atoms with Gasteiger partial charge >= 0.3 is 5.97 Å². The predicted molar refractivity (Wildman–Crippen MR) is 103 cm³/mol. The maximum absolute atomic E-state index is 12.0. The Labute approximate surface area is 161 Å². The molecule has 1 saturated heterocycles. The van der Waals surface area contributed by atoms with Crippen molar-refractivity contribution in [1.29, 1.82) is 0 Å². The van der Waals surface area contributed by atoms with Crippen LogP contribution in [0.15, 0.2) is 47.7 Å². The van der Waals surface area contributed by atoms with Gasteiger partial charge in [0.1, 0.15) is 5.82 Å². The Kier molecular flexibility index (Phi) is 5.64. The maximum Gasteiger partial charge on any atom is 0.365 e. The number of hydroxylamine groups is 2. The Balaban J connectivity index is 1.56. The van der Waals surface area contributed by atoms with Gasteiger partial charge in [-0.25, -0.2) is 9.78 Å². The van der Waals surface area contributed by atoms with E-state index >= 15 is 0 Å². The quantitative estimate of drug-likeness (QED) is 0.462. The van der Waals surface area contributed by atoms with Crippen molar-refractivity contribution >= 4 is 35.5 Å². The van der Waals surface area contributed by atoms with Crippen LogP contribution in [0.1, 0.15) is 28.8 Å². The smallest absolute Gasteiger partial charge is 0.365 e. The zero-order valence-electron chi connectivity index (χ0n) is 15.5. The van der Waals surface area contributed by atoms with E-state index in [4.69, 9.17) is 4.84 Å². The number of hydrogen-bond acceptors (Lipinski definition) is 8. The van der Waals surface area contributed by atoms with Crippen molar-refractivity contribution < 1.29 is 19.2 Å². The second kappa shape index (κ2) is 8.30. The topological polar surface area (TPSA) is 104 Å².